The van der Waals surface area contributed by atoms with Gasteiger partial charge in [0, 0.05) is 12.4 Å². The van der Waals surface area contributed by atoms with Gasteiger partial charge in [0.05, 0.1) is 5.41 Å². The summed E-state index contributed by atoms with van der Waals surface area (Å²) in [5.74, 6) is 0. The van der Waals surface area contributed by atoms with Crippen LogP contribution < -0.4 is 4.28 Å². The first-order valence-electron chi connectivity index (χ1n) is 4.97. The minimum atomic E-state index is -3.72. The molecular weight excluding hydrogens is 238 g/mol. The Hall–Kier alpha value is -2.01. The Morgan fingerprint density at radius 3 is 2.29 bits per heavy atom. The normalized spacial score (nSPS) is 11.8. The Labute approximate surface area is 99.8 Å². The van der Waals surface area contributed by atoms with Crippen molar-refractivity contribution >= 4 is 16.2 Å². The van der Waals surface area contributed by atoms with Gasteiger partial charge in [0.2, 0.25) is 0 Å². The van der Waals surface area contributed by atoms with Gasteiger partial charge in [-0.1, -0.05) is 30.3 Å². The minimum absolute atomic E-state index is 0.798. The van der Waals surface area contributed by atoms with Crippen molar-refractivity contribution in [3.8, 4) is 0 Å². The molecule has 17 heavy (non-hydrogen) atoms. The quantitative estimate of drug-likeness (QED) is 0.831. The van der Waals surface area contributed by atoms with E-state index in [0.29, 0.717) is 0 Å². The number of hydrogen-bond acceptors (Lipinski definition) is 3. The molecule has 0 N–H and O–H groups in total. The lowest BCUT2D eigenvalue weighted by atomic mass is 10.2. The first kappa shape index (κ1) is 11.5. The lowest BCUT2D eigenvalue weighted by Gasteiger charge is -2.02. The van der Waals surface area contributed by atoms with Crippen LogP contribution in [0.2, 0.25) is 0 Å². The van der Waals surface area contributed by atoms with Crippen molar-refractivity contribution in [2.75, 3.05) is 0 Å². The molecule has 4 nitrogen and oxygen atoms in total. The number of aromatic nitrogens is 1. The van der Waals surface area contributed by atoms with Crippen LogP contribution in [0.4, 0.5) is 0 Å². The highest BCUT2D eigenvalue weighted by atomic mass is 32.2. The lowest BCUT2D eigenvalue weighted by Crippen LogP contribution is -2.15. The predicted molar refractivity (Wildman–Crippen MR) is 65.4 cm³/mol. The van der Waals surface area contributed by atoms with Crippen molar-refractivity contribution in [3.63, 3.8) is 0 Å². The zero-order valence-corrected chi connectivity index (χ0v) is 9.75. The second kappa shape index (κ2) is 4.88. The van der Waals surface area contributed by atoms with E-state index >= 15 is 0 Å². The van der Waals surface area contributed by atoms with Crippen molar-refractivity contribution in [3.05, 3.63) is 65.8 Å². The average molecular weight is 249 g/mol. The van der Waals surface area contributed by atoms with Crippen LogP contribution in [0, 0.1) is 0 Å². The Morgan fingerprint density at radius 2 is 1.65 bits per heavy atom. The van der Waals surface area contributed by atoms with Gasteiger partial charge in [0.1, 0.15) is 0 Å². The van der Waals surface area contributed by atoms with Crippen LogP contribution in [0.5, 0.6) is 0 Å². The molecule has 0 aliphatic carbocycles. The van der Waals surface area contributed by atoms with Crippen molar-refractivity contribution in [1.29, 1.82) is 0 Å². The Balaban J connectivity index is 2.10. The molecule has 0 saturated heterocycles. The molecular formula is C12H11NO3S. The van der Waals surface area contributed by atoms with E-state index in [0.717, 1.165) is 15.7 Å². The van der Waals surface area contributed by atoms with Gasteiger partial charge in [-0.05, 0) is 23.8 Å². The second-order valence-electron chi connectivity index (χ2n) is 3.32. The molecule has 0 spiro atoms. The third-order valence-electron chi connectivity index (χ3n) is 1.99. The predicted octanol–water partition coefficient (Wildman–Crippen LogP) is 1.92. The van der Waals surface area contributed by atoms with Crippen LogP contribution in [-0.2, 0) is 10.1 Å². The zero-order valence-electron chi connectivity index (χ0n) is 8.93. The zero-order chi connectivity index (χ0) is 12.1. The van der Waals surface area contributed by atoms with E-state index in [9.17, 15) is 8.42 Å². The highest BCUT2D eigenvalue weighted by molar-refractivity contribution is 7.90. The molecule has 88 valence electrons. The SMILES string of the molecule is O=S(=O)(C=Cc1ccccc1)On1cccc1. The van der Waals surface area contributed by atoms with Gasteiger partial charge >= 0.3 is 10.1 Å². The van der Waals surface area contributed by atoms with Crippen LogP contribution in [0.3, 0.4) is 0 Å². The number of rotatable bonds is 4. The van der Waals surface area contributed by atoms with Gasteiger partial charge in [-0.15, -0.1) is 0 Å². The standard InChI is InChI=1S/C12H11NO3S/c14-17(15,16-13-9-4-5-10-13)11-8-12-6-2-1-3-7-12/h1-11H. The fraction of sp³-hybridized carbons (Fsp3) is 0. The molecule has 0 bridgehead atoms. The van der Waals surface area contributed by atoms with E-state index in [1.165, 1.54) is 18.5 Å². The molecule has 0 aliphatic heterocycles. The number of nitrogens with zero attached hydrogens (tertiary/aromatic N) is 1. The number of hydrogen-bond donors (Lipinski definition) is 0. The molecule has 2 rings (SSSR count). The third-order valence-corrected chi connectivity index (χ3v) is 2.84. The summed E-state index contributed by atoms with van der Waals surface area (Å²) < 4.78 is 29.0. The van der Waals surface area contributed by atoms with Crippen molar-refractivity contribution in [2.45, 2.75) is 0 Å². The summed E-state index contributed by atoms with van der Waals surface area (Å²) in [5.41, 5.74) is 0.798. The van der Waals surface area contributed by atoms with Crippen LogP contribution in [0.1, 0.15) is 5.56 Å². The molecule has 1 aromatic heterocycles. The van der Waals surface area contributed by atoms with Crippen molar-refractivity contribution in [2.24, 2.45) is 0 Å². The topological polar surface area (TPSA) is 48.3 Å². The van der Waals surface area contributed by atoms with Gasteiger partial charge in [0.25, 0.3) is 0 Å². The summed E-state index contributed by atoms with van der Waals surface area (Å²) in [5, 5.41) is 1.03. The lowest BCUT2D eigenvalue weighted by molar-refractivity contribution is 0.285. The second-order valence-corrected chi connectivity index (χ2v) is 4.73. The van der Waals surface area contributed by atoms with Crippen LogP contribution in [-0.4, -0.2) is 13.1 Å². The average Bonchev–Trinajstić information content (AvgIpc) is 2.80. The fourth-order valence-electron chi connectivity index (χ4n) is 1.24. The molecule has 0 fully saturated rings. The van der Waals surface area contributed by atoms with Crippen LogP contribution >= 0.6 is 0 Å². The first-order valence-corrected chi connectivity index (χ1v) is 6.44. The summed E-state index contributed by atoms with van der Waals surface area (Å²) in [6.07, 6.45) is 4.50. The van der Waals surface area contributed by atoms with Gasteiger partial charge in [-0.3, -0.25) is 4.28 Å². The maximum atomic E-state index is 11.5. The summed E-state index contributed by atoms with van der Waals surface area (Å²) in [6, 6.07) is 12.5. The summed E-state index contributed by atoms with van der Waals surface area (Å²) >= 11 is 0. The molecule has 0 amide bonds. The maximum Gasteiger partial charge on any atom is 0.350 e. The Bertz CT molecular complexity index is 586. The smallest absolute Gasteiger partial charge is 0.285 e. The van der Waals surface area contributed by atoms with Gasteiger partial charge in [-0.25, -0.2) is 0 Å². The van der Waals surface area contributed by atoms with E-state index in [4.69, 9.17) is 4.28 Å². The van der Waals surface area contributed by atoms with Crippen LogP contribution in [0.15, 0.2) is 60.3 Å². The summed E-state index contributed by atoms with van der Waals surface area (Å²) in [6.45, 7) is 0. The molecule has 0 unspecified atom stereocenters. The largest absolute Gasteiger partial charge is 0.350 e. The number of benzene rings is 1. The van der Waals surface area contributed by atoms with E-state index in [-0.39, 0.29) is 0 Å². The van der Waals surface area contributed by atoms with Gasteiger partial charge in [0.15, 0.2) is 0 Å². The molecule has 1 heterocycles. The van der Waals surface area contributed by atoms with E-state index in [1.807, 2.05) is 30.3 Å². The maximum absolute atomic E-state index is 11.5. The highest BCUT2D eigenvalue weighted by Crippen LogP contribution is 2.03. The third kappa shape index (κ3) is 3.49. The molecule has 2 aromatic rings. The highest BCUT2D eigenvalue weighted by Gasteiger charge is 2.06. The summed E-state index contributed by atoms with van der Waals surface area (Å²) in [4.78, 5) is 0. The Morgan fingerprint density at radius 1 is 1.00 bits per heavy atom. The van der Waals surface area contributed by atoms with Gasteiger partial charge < -0.3 is 0 Å². The molecule has 5 heteroatoms. The molecule has 0 saturated carbocycles. The molecule has 1 aromatic carbocycles. The molecule has 0 atom stereocenters. The minimum Gasteiger partial charge on any atom is -0.285 e. The van der Waals surface area contributed by atoms with E-state index < -0.39 is 10.1 Å². The summed E-state index contributed by atoms with van der Waals surface area (Å²) in [7, 11) is -3.72. The van der Waals surface area contributed by atoms with E-state index in [1.54, 1.807) is 12.1 Å². The molecule has 0 aliphatic rings. The molecule has 0 radical (unpaired) electrons. The fourth-order valence-corrected chi connectivity index (χ4v) is 1.95. The van der Waals surface area contributed by atoms with Crippen molar-refractivity contribution < 1.29 is 12.7 Å². The van der Waals surface area contributed by atoms with Crippen LogP contribution in [0.25, 0.3) is 6.08 Å². The van der Waals surface area contributed by atoms with E-state index in [2.05, 4.69) is 0 Å². The van der Waals surface area contributed by atoms with Crippen molar-refractivity contribution in [1.82, 2.24) is 4.73 Å². The first-order chi connectivity index (χ1) is 8.16. The Kier molecular flexibility index (Phi) is 3.30. The van der Waals surface area contributed by atoms with Gasteiger partial charge in [-0.2, -0.15) is 13.1 Å². The monoisotopic (exact) mass is 249 g/mol.